The molecule has 0 aliphatic heterocycles. The summed E-state index contributed by atoms with van der Waals surface area (Å²) >= 11 is 3.23. The number of aliphatic carboxylic acids is 2. The molecule has 0 aromatic heterocycles. The van der Waals surface area contributed by atoms with Gasteiger partial charge in [0.2, 0.25) is 0 Å². The third-order valence-electron chi connectivity index (χ3n) is 2.03. The van der Waals surface area contributed by atoms with E-state index in [0.717, 1.165) is 6.08 Å². The van der Waals surface area contributed by atoms with Crippen LogP contribution in [0.5, 0.6) is 5.75 Å². The lowest BCUT2D eigenvalue weighted by molar-refractivity contribution is -0.144. The molecule has 0 saturated carbocycles. The standard InChI is InChI=1S/C12H11BrO5/c1-7(12(16)17)18-10-4-2-8(6-9(10)13)3-5-11(14)15/h2-7H,1H3,(H,14,15)(H,16,17)/b5-3+. The van der Waals surface area contributed by atoms with E-state index < -0.39 is 18.0 Å². The van der Waals surface area contributed by atoms with Crippen LogP contribution in [0.3, 0.4) is 0 Å². The van der Waals surface area contributed by atoms with Crippen molar-refractivity contribution in [3.8, 4) is 5.75 Å². The molecule has 1 atom stereocenters. The highest BCUT2D eigenvalue weighted by Crippen LogP contribution is 2.27. The van der Waals surface area contributed by atoms with Crippen molar-refractivity contribution in [2.24, 2.45) is 0 Å². The van der Waals surface area contributed by atoms with Crippen LogP contribution in [0.15, 0.2) is 28.7 Å². The minimum Gasteiger partial charge on any atom is -0.479 e. The minimum atomic E-state index is -1.06. The zero-order valence-corrected chi connectivity index (χ0v) is 11.0. The molecular weight excluding hydrogens is 304 g/mol. The summed E-state index contributed by atoms with van der Waals surface area (Å²) in [6, 6.07) is 4.85. The number of carboxylic acids is 2. The average molecular weight is 315 g/mol. The highest BCUT2D eigenvalue weighted by atomic mass is 79.9. The lowest BCUT2D eigenvalue weighted by Crippen LogP contribution is -2.23. The van der Waals surface area contributed by atoms with Gasteiger partial charge in [0.1, 0.15) is 5.75 Å². The molecule has 0 bridgehead atoms. The van der Waals surface area contributed by atoms with Crippen molar-refractivity contribution in [3.05, 3.63) is 34.3 Å². The summed E-state index contributed by atoms with van der Waals surface area (Å²) in [5.74, 6) is -1.71. The van der Waals surface area contributed by atoms with Crippen LogP contribution in [-0.4, -0.2) is 28.3 Å². The van der Waals surface area contributed by atoms with E-state index in [4.69, 9.17) is 14.9 Å². The van der Waals surface area contributed by atoms with Gasteiger partial charge in [-0.3, -0.25) is 0 Å². The highest BCUT2D eigenvalue weighted by molar-refractivity contribution is 9.10. The summed E-state index contributed by atoms with van der Waals surface area (Å²) in [4.78, 5) is 21.0. The molecule has 0 aliphatic carbocycles. The maximum Gasteiger partial charge on any atom is 0.344 e. The highest BCUT2D eigenvalue weighted by Gasteiger charge is 2.14. The molecular formula is C12H11BrO5. The Morgan fingerprint density at radius 3 is 2.56 bits per heavy atom. The zero-order valence-electron chi connectivity index (χ0n) is 9.46. The molecule has 1 unspecified atom stereocenters. The van der Waals surface area contributed by atoms with Gasteiger partial charge in [0.15, 0.2) is 6.10 Å². The van der Waals surface area contributed by atoms with Crippen molar-refractivity contribution in [3.63, 3.8) is 0 Å². The number of hydrogen-bond acceptors (Lipinski definition) is 3. The van der Waals surface area contributed by atoms with Crippen molar-refractivity contribution >= 4 is 33.9 Å². The van der Waals surface area contributed by atoms with Crippen LogP contribution in [0.25, 0.3) is 6.08 Å². The smallest absolute Gasteiger partial charge is 0.344 e. The largest absolute Gasteiger partial charge is 0.479 e. The maximum absolute atomic E-state index is 10.6. The second-order valence-electron chi connectivity index (χ2n) is 3.46. The first kappa shape index (κ1) is 14.2. The van der Waals surface area contributed by atoms with Crippen LogP contribution in [0.2, 0.25) is 0 Å². The van der Waals surface area contributed by atoms with Crippen LogP contribution in [-0.2, 0) is 9.59 Å². The summed E-state index contributed by atoms with van der Waals surface area (Å²) in [6.07, 6.45) is 1.49. The molecule has 0 fully saturated rings. The van der Waals surface area contributed by atoms with E-state index in [9.17, 15) is 9.59 Å². The zero-order chi connectivity index (χ0) is 13.7. The summed E-state index contributed by atoms with van der Waals surface area (Å²) in [7, 11) is 0. The van der Waals surface area contributed by atoms with Crippen molar-refractivity contribution in [1.29, 1.82) is 0 Å². The molecule has 1 aromatic rings. The Bertz CT molecular complexity index is 495. The van der Waals surface area contributed by atoms with Gasteiger partial charge < -0.3 is 14.9 Å². The molecule has 0 saturated heterocycles. The number of rotatable bonds is 5. The van der Waals surface area contributed by atoms with Crippen LogP contribution < -0.4 is 4.74 Å². The van der Waals surface area contributed by atoms with Crippen molar-refractivity contribution in [2.75, 3.05) is 0 Å². The lowest BCUT2D eigenvalue weighted by atomic mass is 10.2. The minimum absolute atomic E-state index is 0.386. The molecule has 6 heteroatoms. The van der Waals surface area contributed by atoms with Crippen molar-refractivity contribution < 1.29 is 24.5 Å². The topological polar surface area (TPSA) is 83.8 Å². The molecule has 1 aromatic carbocycles. The Balaban J connectivity index is 2.86. The molecule has 0 heterocycles. The Hall–Kier alpha value is -1.82. The fourth-order valence-corrected chi connectivity index (χ4v) is 1.61. The van der Waals surface area contributed by atoms with Gasteiger partial charge in [0.05, 0.1) is 4.47 Å². The number of hydrogen-bond donors (Lipinski definition) is 2. The molecule has 2 N–H and O–H groups in total. The number of carbonyl (C=O) groups is 2. The maximum atomic E-state index is 10.6. The van der Waals surface area contributed by atoms with E-state index in [2.05, 4.69) is 15.9 Å². The van der Waals surface area contributed by atoms with Gasteiger partial charge in [-0.1, -0.05) is 6.07 Å². The SMILES string of the molecule is CC(Oc1ccc(/C=C/C(=O)O)cc1Br)C(=O)O. The quantitative estimate of drug-likeness (QED) is 0.815. The third-order valence-corrected chi connectivity index (χ3v) is 2.65. The van der Waals surface area contributed by atoms with E-state index in [-0.39, 0.29) is 0 Å². The Labute approximate surface area is 112 Å². The molecule has 0 spiro atoms. The van der Waals surface area contributed by atoms with Gasteiger partial charge in [-0.15, -0.1) is 0 Å². The Kier molecular flexibility index (Phi) is 4.91. The number of ether oxygens (including phenoxy) is 1. The Morgan fingerprint density at radius 2 is 2.06 bits per heavy atom. The third kappa shape index (κ3) is 4.21. The van der Waals surface area contributed by atoms with Gasteiger partial charge >= 0.3 is 11.9 Å². The summed E-state index contributed by atoms with van der Waals surface area (Å²) < 4.78 is 5.76. The van der Waals surface area contributed by atoms with E-state index in [1.807, 2.05) is 0 Å². The van der Waals surface area contributed by atoms with Gasteiger partial charge in [-0.2, -0.15) is 0 Å². The first-order valence-electron chi connectivity index (χ1n) is 5.00. The molecule has 0 aliphatic rings. The van der Waals surface area contributed by atoms with Gasteiger partial charge in [-0.25, -0.2) is 9.59 Å². The van der Waals surface area contributed by atoms with E-state index >= 15 is 0 Å². The average Bonchev–Trinajstić information content (AvgIpc) is 2.29. The summed E-state index contributed by atoms with van der Waals surface area (Å²) in [5, 5.41) is 17.2. The second-order valence-corrected chi connectivity index (χ2v) is 4.31. The lowest BCUT2D eigenvalue weighted by Gasteiger charge is -2.12. The Morgan fingerprint density at radius 1 is 1.39 bits per heavy atom. The first-order valence-corrected chi connectivity index (χ1v) is 5.79. The fraction of sp³-hybridized carbons (Fsp3) is 0.167. The molecule has 0 amide bonds. The van der Waals surface area contributed by atoms with E-state index in [0.29, 0.717) is 15.8 Å². The number of halogens is 1. The van der Waals surface area contributed by atoms with Gasteiger partial charge in [-0.05, 0) is 46.6 Å². The molecule has 96 valence electrons. The predicted octanol–water partition coefficient (Wildman–Crippen LogP) is 2.40. The number of benzene rings is 1. The van der Waals surface area contributed by atoms with E-state index in [1.54, 1.807) is 18.2 Å². The number of carboxylic acid groups (broad SMARTS) is 2. The van der Waals surface area contributed by atoms with Crippen LogP contribution in [0.4, 0.5) is 0 Å². The van der Waals surface area contributed by atoms with Crippen LogP contribution in [0.1, 0.15) is 12.5 Å². The van der Waals surface area contributed by atoms with Gasteiger partial charge in [0.25, 0.3) is 0 Å². The van der Waals surface area contributed by atoms with Crippen LogP contribution >= 0.6 is 15.9 Å². The monoisotopic (exact) mass is 314 g/mol. The van der Waals surface area contributed by atoms with Gasteiger partial charge in [0, 0.05) is 6.08 Å². The normalized spacial score (nSPS) is 12.3. The molecule has 1 rings (SSSR count). The molecule has 18 heavy (non-hydrogen) atoms. The van der Waals surface area contributed by atoms with Crippen LogP contribution in [0, 0.1) is 0 Å². The van der Waals surface area contributed by atoms with Crippen molar-refractivity contribution in [1.82, 2.24) is 0 Å². The first-order chi connectivity index (χ1) is 8.40. The van der Waals surface area contributed by atoms with E-state index in [1.165, 1.54) is 13.0 Å². The molecule has 0 radical (unpaired) electrons. The predicted molar refractivity (Wildman–Crippen MR) is 68.5 cm³/mol. The fourth-order valence-electron chi connectivity index (χ4n) is 1.12. The summed E-state index contributed by atoms with van der Waals surface area (Å²) in [5.41, 5.74) is 0.666. The van der Waals surface area contributed by atoms with Crippen molar-refractivity contribution in [2.45, 2.75) is 13.0 Å². The molecule has 5 nitrogen and oxygen atoms in total. The second kappa shape index (κ2) is 6.20. The summed E-state index contributed by atoms with van der Waals surface area (Å²) in [6.45, 7) is 1.42.